The molecule has 2 unspecified atom stereocenters. The van der Waals surface area contributed by atoms with E-state index in [1.54, 1.807) is 5.56 Å². The van der Waals surface area contributed by atoms with Crippen LogP contribution in [0.5, 0.6) is 0 Å². The van der Waals surface area contributed by atoms with E-state index in [0.29, 0.717) is 14.9 Å². The molecule has 2 atom stereocenters. The highest BCUT2D eigenvalue weighted by Crippen LogP contribution is 2.48. The van der Waals surface area contributed by atoms with E-state index in [4.69, 9.17) is 0 Å². The Morgan fingerprint density at radius 3 is 2.42 bits per heavy atom. The predicted molar refractivity (Wildman–Crippen MR) is 133 cm³/mol. The number of nitrogens with zero attached hydrogens (tertiary/aromatic N) is 2. The van der Waals surface area contributed by atoms with E-state index >= 15 is 0 Å². The highest BCUT2D eigenvalue weighted by molar-refractivity contribution is 7.33. The molecule has 0 spiro atoms. The van der Waals surface area contributed by atoms with E-state index in [1.807, 2.05) is 0 Å². The zero-order chi connectivity index (χ0) is 20.8. The maximum absolute atomic E-state index is 2.58. The van der Waals surface area contributed by atoms with Crippen molar-refractivity contribution in [2.24, 2.45) is 0 Å². The third-order valence-electron chi connectivity index (χ3n) is 6.92. The summed E-state index contributed by atoms with van der Waals surface area (Å²) in [5, 5.41) is 5.53. The molecule has 4 aromatic carbocycles. The molecule has 2 nitrogen and oxygen atoms in total. The summed E-state index contributed by atoms with van der Waals surface area (Å²) in [4.78, 5) is 0. The van der Waals surface area contributed by atoms with Gasteiger partial charge in [-0.15, -0.1) is 0 Å². The second-order valence-electron chi connectivity index (χ2n) is 8.63. The molecule has 154 valence electrons. The highest BCUT2D eigenvalue weighted by atomic mass is 31.1. The number of aryl methyl sites for hydroxylation is 2. The van der Waals surface area contributed by atoms with E-state index in [2.05, 4.69) is 101 Å². The van der Waals surface area contributed by atoms with Gasteiger partial charge in [0, 0.05) is 18.9 Å². The average molecular weight is 423 g/mol. The van der Waals surface area contributed by atoms with Crippen LogP contribution in [0.1, 0.15) is 41.6 Å². The Balaban J connectivity index is 1.29. The Kier molecular flexibility index (Phi) is 4.69. The van der Waals surface area contributed by atoms with Crippen molar-refractivity contribution in [1.29, 1.82) is 0 Å². The molecule has 0 amide bonds. The van der Waals surface area contributed by atoms with E-state index in [1.165, 1.54) is 51.1 Å². The van der Waals surface area contributed by atoms with Crippen molar-refractivity contribution in [2.45, 2.75) is 38.8 Å². The second kappa shape index (κ2) is 7.70. The van der Waals surface area contributed by atoms with Crippen LogP contribution in [0.25, 0.3) is 21.5 Å². The molecular weight excluding hydrogens is 395 g/mol. The van der Waals surface area contributed by atoms with Crippen LogP contribution in [-0.4, -0.2) is 9.34 Å². The van der Waals surface area contributed by atoms with Crippen LogP contribution >= 0.6 is 8.88 Å². The highest BCUT2D eigenvalue weighted by Gasteiger charge is 2.31. The minimum Gasteiger partial charge on any atom is -0.337 e. The molecule has 0 saturated carbocycles. The van der Waals surface area contributed by atoms with Gasteiger partial charge in [0.2, 0.25) is 0 Å². The van der Waals surface area contributed by atoms with Crippen LogP contribution in [0.2, 0.25) is 0 Å². The first-order valence-electron chi connectivity index (χ1n) is 11.3. The first-order chi connectivity index (χ1) is 15.3. The van der Waals surface area contributed by atoms with Crippen LogP contribution in [0.4, 0.5) is 0 Å². The maximum atomic E-state index is 2.58. The molecule has 4 aromatic rings. The summed E-state index contributed by atoms with van der Waals surface area (Å²) in [5.41, 5.74) is 6.03. The third kappa shape index (κ3) is 3.22. The van der Waals surface area contributed by atoms with Gasteiger partial charge in [-0.25, -0.2) is 0 Å². The lowest BCUT2D eigenvalue weighted by Crippen LogP contribution is -2.14. The van der Waals surface area contributed by atoms with Crippen LogP contribution < -0.4 is 0 Å². The fourth-order valence-corrected chi connectivity index (χ4v) is 6.56. The summed E-state index contributed by atoms with van der Waals surface area (Å²) in [6.07, 6.45) is 8.11. The SMILES string of the molecule is CCc1ccc2ccccc2c1CN1C=CN(C2CCc3ccc4ccccc4c32)P1. The van der Waals surface area contributed by atoms with Crippen molar-refractivity contribution in [2.75, 3.05) is 0 Å². The first kappa shape index (κ1) is 18.9. The van der Waals surface area contributed by atoms with Crippen LogP contribution in [0.15, 0.2) is 85.2 Å². The van der Waals surface area contributed by atoms with E-state index in [9.17, 15) is 0 Å². The van der Waals surface area contributed by atoms with Gasteiger partial charge in [-0.1, -0.05) is 79.7 Å². The number of fused-ring (bicyclic) bond motifs is 4. The van der Waals surface area contributed by atoms with E-state index in [0.717, 1.165) is 13.0 Å². The van der Waals surface area contributed by atoms with Crippen LogP contribution in [0.3, 0.4) is 0 Å². The minimum absolute atomic E-state index is 0.485. The van der Waals surface area contributed by atoms with Gasteiger partial charge in [-0.2, -0.15) is 0 Å². The van der Waals surface area contributed by atoms with E-state index < -0.39 is 0 Å². The van der Waals surface area contributed by atoms with Gasteiger partial charge >= 0.3 is 0 Å². The Morgan fingerprint density at radius 2 is 1.58 bits per heavy atom. The van der Waals surface area contributed by atoms with Gasteiger partial charge in [0.15, 0.2) is 0 Å². The monoisotopic (exact) mass is 422 g/mol. The summed E-state index contributed by atoms with van der Waals surface area (Å²) in [7, 11) is 0.658. The Labute approximate surface area is 186 Å². The molecule has 1 aliphatic heterocycles. The Bertz CT molecular complexity index is 1310. The summed E-state index contributed by atoms with van der Waals surface area (Å²) in [5.74, 6) is 0. The second-order valence-corrected chi connectivity index (χ2v) is 9.92. The zero-order valence-electron chi connectivity index (χ0n) is 17.9. The lowest BCUT2D eigenvalue weighted by molar-refractivity contribution is 0.449. The summed E-state index contributed by atoms with van der Waals surface area (Å²) in [6.45, 7) is 3.24. The smallest absolute Gasteiger partial charge is 0.0798 e. The molecule has 0 radical (unpaired) electrons. The summed E-state index contributed by atoms with van der Waals surface area (Å²) < 4.78 is 5.08. The molecular formula is C28H27N2P. The van der Waals surface area contributed by atoms with Crippen molar-refractivity contribution in [3.63, 3.8) is 0 Å². The van der Waals surface area contributed by atoms with Gasteiger partial charge in [0.1, 0.15) is 0 Å². The number of benzene rings is 4. The van der Waals surface area contributed by atoms with Crippen LogP contribution in [-0.2, 0) is 19.4 Å². The zero-order valence-corrected chi connectivity index (χ0v) is 18.9. The van der Waals surface area contributed by atoms with Crippen molar-refractivity contribution >= 4 is 30.4 Å². The topological polar surface area (TPSA) is 6.48 Å². The molecule has 2 aliphatic rings. The van der Waals surface area contributed by atoms with Gasteiger partial charge in [-0.05, 0) is 63.1 Å². The van der Waals surface area contributed by atoms with Crippen molar-refractivity contribution in [3.8, 4) is 0 Å². The first-order valence-corrected chi connectivity index (χ1v) is 12.2. The summed E-state index contributed by atoms with van der Waals surface area (Å²) >= 11 is 0. The molecule has 31 heavy (non-hydrogen) atoms. The largest absolute Gasteiger partial charge is 0.337 e. The van der Waals surface area contributed by atoms with E-state index in [-0.39, 0.29) is 0 Å². The molecule has 0 N–H and O–H groups in total. The van der Waals surface area contributed by atoms with Crippen molar-refractivity contribution in [1.82, 2.24) is 9.34 Å². The van der Waals surface area contributed by atoms with Gasteiger partial charge in [-0.3, -0.25) is 0 Å². The van der Waals surface area contributed by atoms with Gasteiger partial charge < -0.3 is 9.34 Å². The van der Waals surface area contributed by atoms with Gasteiger partial charge in [0.05, 0.1) is 14.9 Å². The fraction of sp³-hybridized carbons (Fsp3) is 0.214. The van der Waals surface area contributed by atoms with Gasteiger partial charge in [0.25, 0.3) is 0 Å². The maximum Gasteiger partial charge on any atom is 0.0798 e. The lowest BCUT2D eigenvalue weighted by atomic mass is 9.97. The molecule has 0 saturated heterocycles. The van der Waals surface area contributed by atoms with Crippen molar-refractivity contribution < 1.29 is 0 Å². The Morgan fingerprint density at radius 1 is 0.839 bits per heavy atom. The fourth-order valence-electron chi connectivity index (χ4n) is 5.37. The molecule has 0 fully saturated rings. The quantitative estimate of drug-likeness (QED) is 0.318. The predicted octanol–water partition coefficient (Wildman–Crippen LogP) is 7.34. The molecule has 1 heterocycles. The summed E-state index contributed by atoms with van der Waals surface area (Å²) in [6, 6.07) is 27.4. The molecule has 6 rings (SSSR count). The molecule has 3 heteroatoms. The minimum atomic E-state index is 0.485. The lowest BCUT2D eigenvalue weighted by Gasteiger charge is -2.28. The van der Waals surface area contributed by atoms with Crippen LogP contribution in [0, 0.1) is 0 Å². The number of hydrogen-bond acceptors (Lipinski definition) is 2. The standard InChI is InChI=1S/C28H27N2P/c1-2-20-11-12-21-7-3-5-9-24(21)26(20)19-29-17-18-30(31-29)27-16-15-23-14-13-22-8-4-6-10-25(22)28(23)27/h3-14,17-18,27,31H,2,15-16,19H2,1H3. The third-order valence-corrected chi connectivity index (χ3v) is 8.17. The van der Waals surface area contributed by atoms with Crippen molar-refractivity contribution in [3.05, 3.63) is 107 Å². The Hall–Kier alpha value is -2.83. The molecule has 0 aromatic heterocycles. The normalized spacial score (nSPS) is 18.5. The molecule has 0 bridgehead atoms. The average Bonchev–Trinajstić information content (AvgIpc) is 3.46. The number of rotatable bonds is 4. The molecule has 1 aliphatic carbocycles. The number of hydrogen-bond donors (Lipinski definition) is 0.